The number of hydrogen-bond acceptors (Lipinski definition) is 3. The van der Waals surface area contributed by atoms with Gasteiger partial charge in [0.1, 0.15) is 11.8 Å². The van der Waals surface area contributed by atoms with Gasteiger partial charge in [0.25, 0.3) is 0 Å². The Morgan fingerprint density at radius 1 is 1.11 bits per heavy atom. The van der Waals surface area contributed by atoms with Crippen LogP contribution in [0, 0.1) is 0 Å². The highest BCUT2D eigenvalue weighted by Crippen LogP contribution is 2.17. The molecule has 0 aliphatic heterocycles. The summed E-state index contributed by atoms with van der Waals surface area (Å²) in [7, 11) is 1.60. The molecule has 1 atom stereocenters. The minimum atomic E-state index is -0.677. The van der Waals surface area contributed by atoms with Crippen molar-refractivity contribution in [3.63, 3.8) is 0 Å². The Balaban J connectivity index is 2.04. The van der Waals surface area contributed by atoms with Gasteiger partial charge in [-0.05, 0) is 29.8 Å². The van der Waals surface area contributed by atoms with Crippen molar-refractivity contribution >= 4 is 11.6 Å². The molecule has 2 aromatic carbocycles. The molecule has 0 heterocycles. The monoisotopic (exact) mass is 256 g/mol. The fourth-order valence-corrected chi connectivity index (χ4v) is 1.71. The second-order valence-electron chi connectivity index (χ2n) is 4.11. The zero-order valence-electron chi connectivity index (χ0n) is 10.7. The first-order valence-corrected chi connectivity index (χ1v) is 5.96. The molecule has 0 fully saturated rings. The molecule has 1 unspecified atom stereocenters. The molecule has 0 aliphatic rings. The van der Waals surface area contributed by atoms with Crippen molar-refractivity contribution in [3.05, 3.63) is 60.2 Å². The lowest BCUT2D eigenvalue weighted by molar-refractivity contribution is -0.117. The topological polar surface area (TPSA) is 64.3 Å². The van der Waals surface area contributed by atoms with Crippen molar-refractivity contribution in [2.45, 2.75) is 6.04 Å². The number of methoxy groups -OCH3 is 1. The van der Waals surface area contributed by atoms with Crippen LogP contribution in [0.15, 0.2) is 54.6 Å². The molecule has 0 spiro atoms. The Bertz CT molecular complexity index is 538. The van der Waals surface area contributed by atoms with E-state index in [9.17, 15) is 4.79 Å². The molecule has 2 aromatic rings. The molecule has 19 heavy (non-hydrogen) atoms. The molecule has 1 amide bonds. The summed E-state index contributed by atoms with van der Waals surface area (Å²) in [5.74, 6) is 0.502. The zero-order valence-corrected chi connectivity index (χ0v) is 10.7. The van der Waals surface area contributed by atoms with E-state index in [1.807, 2.05) is 30.3 Å². The van der Waals surface area contributed by atoms with Gasteiger partial charge < -0.3 is 15.8 Å². The third-order valence-electron chi connectivity index (χ3n) is 2.80. The third-order valence-corrected chi connectivity index (χ3v) is 2.80. The van der Waals surface area contributed by atoms with Crippen LogP contribution in [0.5, 0.6) is 5.75 Å². The second kappa shape index (κ2) is 6.02. The number of ether oxygens (including phenoxy) is 1. The first-order valence-electron chi connectivity index (χ1n) is 5.96. The van der Waals surface area contributed by atoms with Crippen LogP contribution in [0.4, 0.5) is 5.69 Å². The average Bonchev–Trinajstić information content (AvgIpc) is 2.48. The Labute approximate surface area is 112 Å². The van der Waals surface area contributed by atoms with E-state index >= 15 is 0 Å². The number of amides is 1. The largest absolute Gasteiger partial charge is 0.497 e. The van der Waals surface area contributed by atoms with Crippen LogP contribution >= 0.6 is 0 Å². The number of anilines is 1. The standard InChI is InChI=1S/C15H16N2O2/c1-19-13-9-7-12(8-10-13)17-15(18)14(16)11-5-3-2-4-6-11/h2-10,14H,16H2,1H3,(H,17,18). The number of benzene rings is 2. The maximum atomic E-state index is 12.0. The zero-order chi connectivity index (χ0) is 13.7. The van der Waals surface area contributed by atoms with Crippen molar-refractivity contribution < 1.29 is 9.53 Å². The molecule has 0 radical (unpaired) electrons. The summed E-state index contributed by atoms with van der Waals surface area (Å²) in [6.45, 7) is 0. The van der Waals surface area contributed by atoms with Crippen LogP contribution in [-0.4, -0.2) is 13.0 Å². The SMILES string of the molecule is COc1ccc(NC(=O)C(N)c2ccccc2)cc1. The van der Waals surface area contributed by atoms with Crippen LogP contribution in [-0.2, 0) is 4.79 Å². The van der Waals surface area contributed by atoms with Crippen LogP contribution in [0.3, 0.4) is 0 Å². The van der Waals surface area contributed by atoms with E-state index in [4.69, 9.17) is 10.5 Å². The van der Waals surface area contributed by atoms with Crippen molar-refractivity contribution in [1.29, 1.82) is 0 Å². The predicted octanol–water partition coefficient (Wildman–Crippen LogP) is 2.33. The normalized spacial score (nSPS) is 11.7. The molecule has 98 valence electrons. The molecule has 0 aliphatic carbocycles. The number of nitrogens with one attached hydrogen (secondary N) is 1. The van der Waals surface area contributed by atoms with E-state index in [0.29, 0.717) is 5.69 Å². The Morgan fingerprint density at radius 3 is 2.32 bits per heavy atom. The minimum Gasteiger partial charge on any atom is -0.497 e. The van der Waals surface area contributed by atoms with Crippen LogP contribution in [0.2, 0.25) is 0 Å². The summed E-state index contributed by atoms with van der Waals surface area (Å²) < 4.78 is 5.05. The van der Waals surface area contributed by atoms with E-state index < -0.39 is 6.04 Å². The molecule has 0 saturated heterocycles. The number of rotatable bonds is 4. The first kappa shape index (κ1) is 13.1. The first-order chi connectivity index (χ1) is 9.20. The van der Waals surface area contributed by atoms with Gasteiger partial charge in [-0.25, -0.2) is 0 Å². The summed E-state index contributed by atoms with van der Waals surface area (Å²) in [5, 5.41) is 2.77. The maximum Gasteiger partial charge on any atom is 0.245 e. The number of nitrogens with two attached hydrogens (primary N) is 1. The van der Waals surface area contributed by atoms with Gasteiger partial charge in [0.15, 0.2) is 0 Å². The van der Waals surface area contributed by atoms with Gasteiger partial charge in [-0.1, -0.05) is 30.3 Å². The Morgan fingerprint density at radius 2 is 1.74 bits per heavy atom. The Hall–Kier alpha value is -2.33. The molecule has 2 rings (SSSR count). The van der Waals surface area contributed by atoms with E-state index in [1.54, 1.807) is 31.4 Å². The number of carbonyl (C=O) groups excluding carboxylic acids is 1. The van der Waals surface area contributed by atoms with Gasteiger partial charge in [-0.15, -0.1) is 0 Å². The van der Waals surface area contributed by atoms with E-state index in [1.165, 1.54) is 0 Å². The maximum absolute atomic E-state index is 12.0. The second-order valence-corrected chi connectivity index (χ2v) is 4.11. The third kappa shape index (κ3) is 3.33. The lowest BCUT2D eigenvalue weighted by Gasteiger charge is -2.12. The van der Waals surface area contributed by atoms with Gasteiger partial charge in [-0.3, -0.25) is 4.79 Å². The fourth-order valence-electron chi connectivity index (χ4n) is 1.71. The van der Waals surface area contributed by atoms with Crippen LogP contribution < -0.4 is 15.8 Å². The van der Waals surface area contributed by atoms with Crippen molar-refractivity contribution in [3.8, 4) is 5.75 Å². The highest BCUT2D eigenvalue weighted by molar-refractivity contribution is 5.95. The van der Waals surface area contributed by atoms with E-state index in [2.05, 4.69) is 5.32 Å². The minimum absolute atomic E-state index is 0.239. The van der Waals surface area contributed by atoms with Crippen molar-refractivity contribution in [1.82, 2.24) is 0 Å². The summed E-state index contributed by atoms with van der Waals surface area (Å²) in [4.78, 5) is 12.0. The molecular weight excluding hydrogens is 240 g/mol. The average molecular weight is 256 g/mol. The van der Waals surface area contributed by atoms with Crippen molar-refractivity contribution in [2.75, 3.05) is 12.4 Å². The summed E-state index contributed by atoms with van der Waals surface area (Å²) in [6, 6.07) is 15.7. The summed E-state index contributed by atoms with van der Waals surface area (Å²) in [6.07, 6.45) is 0. The molecule has 0 bridgehead atoms. The summed E-state index contributed by atoms with van der Waals surface area (Å²) >= 11 is 0. The van der Waals surface area contributed by atoms with Gasteiger partial charge in [0, 0.05) is 5.69 Å². The smallest absolute Gasteiger partial charge is 0.245 e. The van der Waals surface area contributed by atoms with E-state index in [0.717, 1.165) is 11.3 Å². The molecule has 4 nitrogen and oxygen atoms in total. The summed E-state index contributed by atoms with van der Waals surface area (Å²) in [5.41, 5.74) is 7.38. The van der Waals surface area contributed by atoms with Crippen molar-refractivity contribution in [2.24, 2.45) is 5.73 Å². The number of hydrogen-bond donors (Lipinski definition) is 2. The highest BCUT2D eigenvalue weighted by atomic mass is 16.5. The molecule has 0 aromatic heterocycles. The predicted molar refractivity (Wildman–Crippen MR) is 75.0 cm³/mol. The lowest BCUT2D eigenvalue weighted by atomic mass is 10.1. The molecule has 3 N–H and O–H groups in total. The van der Waals surface area contributed by atoms with Gasteiger partial charge >= 0.3 is 0 Å². The van der Waals surface area contributed by atoms with Gasteiger partial charge in [0.2, 0.25) is 5.91 Å². The lowest BCUT2D eigenvalue weighted by Crippen LogP contribution is -2.27. The molecule has 0 saturated carbocycles. The fraction of sp³-hybridized carbons (Fsp3) is 0.133. The van der Waals surface area contributed by atoms with Gasteiger partial charge in [-0.2, -0.15) is 0 Å². The highest BCUT2D eigenvalue weighted by Gasteiger charge is 2.15. The van der Waals surface area contributed by atoms with Crippen LogP contribution in [0.25, 0.3) is 0 Å². The molecule has 4 heteroatoms. The van der Waals surface area contributed by atoms with E-state index in [-0.39, 0.29) is 5.91 Å². The number of carbonyl (C=O) groups is 1. The van der Waals surface area contributed by atoms with Crippen LogP contribution in [0.1, 0.15) is 11.6 Å². The van der Waals surface area contributed by atoms with Gasteiger partial charge in [0.05, 0.1) is 7.11 Å². The quantitative estimate of drug-likeness (QED) is 0.882. The molecular formula is C15H16N2O2. The Kier molecular flexibility index (Phi) is 4.15.